The quantitative estimate of drug-likeness (QED) is 0.717. The normalized spacial score (nSPS) is 17.8. The fraction of sp³-hybridized carbons (Fsp3) is 0.364. The number of nitrogens with zero attached hydrogens (tertiary/aromatic N) is 4. The van der Waals surface area contributed by atoms with E-state index in [4.69, 9.17) is 10.1 Å². The van der Waals surface area contributed by atoms with Gasteiger partial charge in [0.25, 0.3) is 5.91 Å². The smallest absolute Gasteiger partial charge is 0.276 e. The van der Waals surface area contributed by atoms with Gasteiger partial charge in [-0.1, -0.05) is 62.6 Å². The summed E-state index contributed by atoms with van der Waals surface area (Å²) in [7, 11) is 0. The third-order valence-electron chi connectivity index (χ3n) is 5.01. The standard InChI is InChI=1S/C22H25N5OS/c1-2-3-4-5-8-15-29-22-25-21(28)19-17-9-6-7-10-18(17)24-20(27(19)26-22)16-11-13-23-14-12-16/h6-7,9-14,20H,2-5,8,15H2,1H3,(H,25,26,28)/t20-/m0/s1. The van der Waals surface area contributed by atoms with Gasteiger partial charge in [-0.25, -0.2) is 5.01 Å². The van der Waals surface area contributed by atoms with Gasteiger partial charge in [0, 0.05) is 28.9 Å². The molecular weight excluding hydrogens is 382 g/mol. The van der Waals surface area contributed by atoms with E-state index in [1.165, 1.54) is 25.7 Å². The second-order valence-corrected chi connectivity index (χ2v) is 8.20. The van der Waals surface area contributed by atoms with Crippen LogP contribution in [0, 0.1) is 0 Å². The van der Waals surface area contributed by atoms with Crippen LogP contribution in [0.15, 0.2) is 58.9 Å². The number of fused-ring (bicyclic) bond motifs is 2. The fourth-order valence-corrected chi connectivity index (χ4v) is 4.37. The van der Waals surface area contributed by atoms with Gasteiger partial charge in [0.05, 0.1) is 5.36 Å². The van der Waals surface area contributed by atoms with Crippen molar-refractivity contribution in [3.63, 3.8) is 0 Å². The van der Waals surface area contributed by atoms with Crippen LogP contribution in [-0.4, -0.2) is 26.8 Å². The third-order valence-corrected chi connectivity index (χ3v) is 5.96. The summed E-state index contributed by atoms with van der Waals surface area (Å²) >= 11 is 1.60. The summed E-state index contributed by atoms with van der Waals surface area (Å²) in [6.45, 7) is 2.22. The molecule has 3 heterocycles. The zero-order valence-electron chi connectivity index (χ0n) is 16.5. The molecular formula is C22H25N5OS. The van der Waals surface area contributed by atoms with Gasteiger partial charge in [-0.15, -0.1) is 5.10 Å². The molecule has 0 radical (unpaired) electrons. The van der Waals surface area contributed by atoms with Crippen LogP contribution in [0.4, 0.5) is 0 Å². The van der Waals surface area contributed by atoms with Crippen molar-refractivity contribution in [2.24, 2.45) is 10.1 Å². The molecule has 0 saturated carbocycles. The lowest BCUT2D eigenvalue weighted by atomic mass is 10.1. The number of aromatic nitrogens is 1. The number of carbonyl (C=O) groups is 1. The Hall–Kier alpha value is -2.67. The first-order valence-corrected chi connectivity index (χ1v) is 11.2. The van der Waals surface area contributed by atoms with Crippen molar-refractivity contribution < 1.29 is 4.79 Å². The number of nitrogens with one attached hydrogen (secondary N) is 1. The molecule has 1 atom stereocenters. The Morgan fingerprint density at radius 3 is 2.69 bits per heavy atom. The molecule has 29 heavy (non-hydrogen) atoms. The average molecular weight is 408 g/mol. The van der Waals surface area contributed by atoms with Crippen LogP contribution >= 0.6 is 11.8 Å². The maximum atomic E-state index is 13.0. The molecule has 1 aromatic heterocycles. The molecule has 4 rings (SSSR count). The maximum Gasteiger partial charge on any atom is 0.276 e. The van der Waals surface area contributed by atoms with E-state index in [-0.39, 0.29) is 12.1 Å². The van der Waals surface area contributed by atoms with Crippen molar-refractivity contribution in [2.75, 3.05) is 5.75 Å². The molecule has 2 aliphatic heterocycles. The van der Waals surface area contributed by atoms with Crippen molar-refractivity contribution in [1.82, 2.24) is 15.3 Å². The number of para-hydroxylation sites is 1. The number of amidine groups is 1. The number of unbranched alkanes of at least 4 members (excludes halogenated alkanes) is 4. The van der Waals surface area contributed by atoms with Crippen LogP contribution in [-0.2, 0) is 4.79 Å². The highest BCUT2D eigenvalue weighted by Crippen LogP contribution is 2.30. The summed E-state index contributed by atoms with van der Waals surface area (Å²) in [4.78, 5) is 22.0. The molecule has 2 aliphatic rings. The average Bonchev–Trinajstić information content (AvgIpc) is 2.76. The van der Waals surface area contributed by atoms with E-state index in [9.17, 15) is 4.79 Å². The molecule has 0 saturated heterocycles. The Kier molecular flexibility index (Phi) is 6.24. The zero-order valence-corrected chi connectivity index (χ0v) is 17.4. The Morgan fingerprint density at radius 2 is 1.86 bits per heavy atom. The number of thioether (sulfide) groups is 1. The minimum absolute atomic E-state index is 0.130. The number of carbonyl (C=O) groups excluding carboxylic acids is 1. The van der Waals surface area contributed by atoms with Crippen LogP contribution in [0.5, 0.6) is 0 Å². The number of amides is 1. The monoisotopic (exact) mass is 407 g/mol. The number of benzene rings is 1. The van der Waals surface area contributed by atoms with Crippen LogP contribution in [0.3, 0.4) is 0 Å². The summed E-state index contributed by atoms with van der Waals surface area (Å²) in [5.74, 6) is 0.814. The minimum atomic E-state index is -0.380. The van der Waals surface area contributed by atoms with Crippen LogP contribution in [0.2, 0.25) is 0 Å². The van der Waals surface area contributed by atoms with Gasteiger partial charge < -0.3 is 0 Å². The first-order valence-electron chi connectivity index (χ1n) is 10.2. The summed E-state index contributed by atoms with van der Waals surface area (Å²) in [6.07, 6.45) is 9.22. The van der Waals surface area contributed by atoms with E-state index in [1.54, 1.807) is 29.2 Å². The number of rotatable bonds is 7. The molecule has 0 unspecified atom stereocenters. The molecule has 2 aromatic rings. The highest BCUT2D eigenvalue weighted by molar-refractivity contribution is 8.13. The SMILES string of the molecule is CCCCCCCSC1=NN2C(=c3ccccc3=N[C@@H]2c2ccncc2)C(=O)N1. The molecule has 6 nitrogen and oxygen atoms in total. The molecule has 150 valence electrons. The lowest BCUT2D eigenvalue weighted by Gasteiger charge is -2.34. The van der Waals surface area contributed by atoms with Crippen molar-refractivity contribution in [1.29, 1.82) is 0 Å². The lowest BCUT2D eigenvalue weighted by molar-refractivity contribution is -0.116. The number of pyridine rings is 1. The Balaban J connectivity index is 1.63. The van der Waals surface area contributed by atoms with Crippen molar-refractivity contribution in [2.45, 2.75) is 45.2 Å². The summed E-state index contributed by atoms with van der Waals surface area (Å²) in [5, 5.41) is 11.8. The predicted octanol–water partition coefficient (Wildman–Crippen LogP) is 2.93. The van der Waals surface area contributed by atoms with E-state index in [1.807, 2.05) is 36.4 Å². The molecule has 0 aliphatic carbocycles. The lowest BCUT2D eigenvalue weighted by Crippen LogP contribution is -2.50. The molecule has 1 N–H and O–H groups in total. The third kappa shape index (κ3) is 4.34. The first-order chi connectivity index (χ1) is 14.3. The Morgan fingerprint density at radius 1 is 1.07 bits per heavy atom. The predicted molar refractivity (Wildman–Crippen MR) is 116 cm³/mol. The molecule has 1 aromatic carbocycles. The topological polar surface area (TPSA) is 70.0 Å². The van der Waals surface area contributed by atoms with Crippen molar-refractivity contribution >= 4 is 28.5 Å². The van der Waals surface area contributed by atoms with Gasteiger partial charge in [0.2, 0.25) is 0 Å². The van der Waals surface area contributed by atoms with Gasteiger partial charge in [-0.3, -0.25) is 20.1 Å². The molecule has 1 amide bonds. The van der Waals surface area contributed by atoms with E-state index in [2.05, 4.69) is 17.2 Å². The Bertz CT molecular complexity index is 1020. The van der Waals surface area contributed by atoms with E-state index < -0.39 is 0 Å². The van der Waals surface area contributed by atoms with Crippen molar-refractivity contribution in [3.05, 3.63) is 64.9 Å². The summed E-state index contributed by atoms with van der Waals surface area (Å²) in [5.41, 5.74) is 1.50. The number of hydrazone groups is 1. The zero-order chi connectivity index (χ0) is 20.1. The van der Waals surface area contributed by atoms with E-state index in [0.717, 1.165) is 28.3 Å². The fourth-order valence-electron chi connectivity index (χ4n) is 3.52. The largest absolute Gasteiger partial charge is 0.298 e. The van der Waals surface area contributed by atoms with Gasteiger partial charge in [-0.2, -0.15) is 0 Å². The van der Waals surface area contributed by atoms with Crippen molar-refractivity contribution in [3.8, 4) is 0 Å². The van der Waals surface area contributed by atoms with Gasteiger partial charge >= 0.3 is 0 Å². The minimum Gasteiger partial charge on any atom is -0.298 e. The molecule has 7 heteroatoms. The maximum absolute atomic E-state index is 13.0. The first kappa shape index (κ1) is 19.6. The molecule has 0 fully saturated rings. The number of hydrogen-bond acceptors (Lipinski definition) is 6. The number of hydrogen-bond donors (Lipinski definition) is 1. The highest BCUT2D eigenvalue weighted by Gasteiger charge is 2.34. The Labute approximate surface area is 174 Å². The van der Waals surface area contributed by atoms with Crippen LogP contribution < -0.4 is 15.9 Å². The molecule has 0 spiro atoms. The highest BCUT2D eigenvalue weighted by atomic mass is 32.2. The second kappa shape index (κ2) is 9.22. The van der Waals surface area contributed by atoms with E-state index >= 15 is 0 Å². The van der Waals surface area contributed by atoms with Gasteiger partial charge in [0.1, 0.15) is 5.70 Å². The summed E-state index contributed by atoms with van der Waals surface area (Å²) in [6, 6.07) is 11.6. The molecule has 0 bridgehead atoms. The van der Waals surface area contributed by atoms with Crippen LogP contribution in [0.25, 0.3) is 5.70 Å². The van der Waals surface area contributed by atoms with Gasteiger partial charge in [0.15, 0.2) is 11.3 Å². The van der Waals surface area contributed by atoms with Crippen LogP contribution in [0.1, 0.15) is 50.8 Å². The second-order valence-electron chi connectivity index (χ2n) is 7.12. The van der Waals surface area contributed by atoms with Gasteiger partial charge in [-0.05, 0) is 24.6 Å². The van der Waals surface area contributed by atoms with E-state index in [0.29, 0.717) is 10.9 Å². The summed E-state index contributed by atoms with van der Waals surface area (Å²) < 4.78 is 0.